The van der Waals surface area contributed by atoms with E-state index in [1.54, 1.807) is 18.3 Å². The third-order valence-electron chi connectivity index (χ3n) is 3.82. The average Bonchev–Trinajstić information content (AvgIpc) is 3.13. The highest BCUT2D eigenvalue weighted by molar-refractivity contribution is 6.02. The molecular formula is C14H13N5O2. The van der Waals surface area contributed by atoms with Crippen LogP contribution in [0.15, 0.2) is 29.0 Å². The van der Waals surface area contributed by atoms with E-state index >= 15 is 0 Å². The number of aromatic nitrogens is 4. The maximum absolute atomic E-state index is 12.3. The van der Waals surface area contributed by atoms with Crippen molar-refractivity contribution in [1.29, 1.82) is 0 Å². The van der Waals surface area contributed by atoms with Crippen molar-refractivity contribution in [3.63, 3.8) is 0 Å². The molecule has 0 radical (unpaired) electrons. The Morgan fingerprint density at radius 2 is 2.43 bits per heavy atom. The van der Waals surface area contributed by atoms with Crippen molar-refractivity contribution in [2.75, 3.05) is 0 Å². The molecule has 0 aromatic carbocycles. The first-order valence-electron chi connectivity index (χ1n) is 6.83. The fraction of sp³-hybridized carbons (Fsp3) is 0.286. The molecular weight excluding hydrogens is 270 g/mol. The van der Waals surface area contributed by atoms with E-state index < -0.39 is 0 Å². The zero-order valence-electron chi connectivity index (χ0n) is 11.2. The van der Waals surface area contributed by atoms with Gasteiger partial charge in [0.05, 0.1) is 11.6 Å². The molecule has 1 atom stereocenters. The molecule has 0 spiro atoms. The van der Waals surface area contributed by atoms with Crippen LogP contribution in [0.3, 0.4) is 0 Å². The highest BCUT2D eigenvalue weighted by Crippen LogP contribution is 2.20. The molecule has 0 fully saturated rings. The van der Waals surface area contributed by atoms with Crippen LogP contribution in [-0.4, -0.2) is 32.3 Å². The monoisotopic (exact) mass is 283 g/mol. The predicted molar refractivity (Wildman–Crippen MR) is 73.7 cm³/mol. The highest BCUT2D eigenvalue weighted by Gasteiger charge is 2.24. The molecule has 0 aliphatic heterocycles. The number of aryl methyl sites for hydroxylation is 1. The summed E-state index contributed by atoms with van der Waals surface area (Å²) in [5.74, 6) is -0.0352. The van der Waals surface area contributed by atoms with E-state index in [4.69, 9.17) is 4.52 Å². The van der Waals surface area contributed by atoms with Crippen molar-refractivity contribution in [1.82, 2.24) is 25.7 Å². The third kappa shape index (κ3) is 2.06. The average molecular weight is 283 g/mol. The standard InChI is InChI=1S/C14H13N5O2/c20-14(12-10-2-1-5-15-13(10)19-21-12)17-9-4-3-8-7-16-18-11(8)6-9/h1-2,5,7,9H,3-4,6H2,(H,16,18)(H,17,20). The second-order valence-corrected chi connectivity index (χ2v) is 5.17. The Hall–Kier alpha value is -2.70. The van der Waals surface area contributed by atoms with E-state index in [2.05, 4.69) is 25.7 Å². The number of H-pyrrole nitrogens is 1. The summed E-state index contributed by atoms with van der Waals surface area (Å²) in [7, 11) is 0. The molecule has 21 heavy (non-hydrogen) atoms. The van der Waals surface area contributed by atoms with Gasteiger partial charge >= 0.3 is 0 Å². The molecule has 7 heteroatoms. The Morgan fingerprint density at radius 1 is 1.48 bits per heavy atom. The first kappa shape index (κ1) is 12.1. The van der Waals surface area contributed by atoms with Gasteiger partial charge in [-0.3, -0.25) is 9.89 Å². The smallest absolute Gasteiger partial charge is 0.290 e. The largest absolute Gasteiger partial charge is 0.348 e. The van der Waals surface area contributed by atoms with Crippen LogP contribution in [0, 0.1) is 0 Å². The number of aromatic amines is 1. The van der Waals surface area contributed by atoms with E-state index in [0.717, 1.165) is 25.0 Å². The lowest BCUT2D eigenvalue weighted by molar-refractivity contribution is 0.0898. The number of fused-ring (bicyclic) bond motifs is 2. The van der Waals surface area contributed by atoms with Gasteiger partial charge in [0, 0.05) is 24.4 Å². The zero-order valence-corrected chi connectivity index (χ0v) is 11.2. The van der Waals surface area contributed by atoms with E-state index in [1.807, 2.05) is 6.20 Å². The van der Waals surface area contributed by atoms with Crippen LogP contribution in [0.1, 0.15) is 28.2 Å². The molecule has 1 aliphatic rings. The molecule has 106 valence electrons. The molecule has 4 rings (SSSR count). The second kappa shape index (κ2) is 4.69. The van der Waals surface area contributed by atoms with Crippen molar-refractivity contribution in [3.8, 4) is 0 Å². The van der Waals surface area contributed by atoms with Crippen LogP contribution in [0.4, 0.5) is 0 Å². The summed E-state index contributed by atoms with van der Waals surface area (Å²) in [6.45, 7) is 0. The molecule has 0 saturated heterocycles. The summed E-state index contributed by atoms with van der Waals surface area (Å²) >= 11 is 0. The number of nitrogens with one attached hydrogen (secondary N) is 2. The van der Waals surface area contributed by atoms with Gasteiger partial charge in [0.15, 0.2) is 0 Å². The summed E-state index contributed by atoms with van der Waals surface area (Å²) in [5, 5.41) is 14.4. The summed E-state index contributed by atoms with van der Waals surface area (Å²) in [4.78, 5) is 16.4. The van der Waals surface area contributed by atoms with Gasteiger partial charge in [-0.15, -0.1) is 0 Å². The fourth-order valence-electron chi connectivity index (χ4n) is 2.73. The van der Waals surface area contributed by atoms with E-state index in [-0.39, 0.29) is 17.7 Å². The van der Waals surface area contributed by atoms with Gasteiger partial charge in [0.1, 0.15) is 0 Å². The molecule has 0 bridgehead atoms. The molecule has 1 unspecified atom stereocenters. The molecule has 3 aromatic rings. The van der Waals surface area contributed by atoms with Crippen LogP contribution in [0.2, 0.25) is 0 Å². The lowest BCUT2D eigenvalue weighted by Gasteiger charge is -2.22. The zero-order chi connectivity index (χ0) is 14.2. The van der Waals surface area contributed by atoms with E-state index in [0.29, 0.717) is 11.0 Å². The minimum atomic E-state index is -0.251. The van der Waals surface area contributed by atoms with Crippen LogP contribution in [0.5, 0.6) is 0 Å². The van der Waals surface area contributed by atoms with Gasteiger partial charge in [-0.05, 0) is 30.5 Å². The summed E-state index contributed by atoms with van der Waals surface area (Å²) in [6.07, 6.45) is 6.03. The van der Waals surface area contributed by atoms with Gasteiger partial charge in [-0.1, -0.05) is 5.16 Å². The molecule has 1 aliphatic carbocycles. The number of pyridine rings is 1. The lowest BCUT2D eigenvalue weighted by Crippen LogP contribution is -2.38. The number of rotatable bonds is 2. The molecule has 3 heterocycles. The Balaban J connectivity index is 1.54. The molecule has 2 N–H and O–H groups in total. The van der Waals surface area contributed by atoms with Crippen molar-refractivity contribution in [2.45, 2.75) is 25.3 Å². The number of amides is 1. The summed E-state index contributed by atoms with van der Waals surface area (Å²) in [5.41, 5.74) is 2.77. The van der Waals surface area contributed by atoms with Gasteiger partial charge < -0.3 is 9.84 Å². The van der Waals surface area contributed by atoms with E-state index in [1.165, 1.54) is 5.56 Å². The Bertz CT molecular complexity index is 806. The quantitative estimate of drug-likeness (QED) is 0.737. The molecule has 1 amide bonds. The minimum Gasteiger partial charge on any atom is -0.348 e. The van der Waals surface area contributed by atoms with Gasteiger partial charge in [-0.25, -0.2) is 4.98 Å². The predicted octanol–water partition coefficient (Wildman–Crippen LogP) is 1.23. The Morgan fingerprint density at radius 3 is 3.38 bits per heavy atom. The second-order valence-electron chi connectivity index (χ2n) is 5.17. The normalized spacial score (nSPS) is 17.6. The van der Waals surface area contributed by atoms with Gasteiger partial charge in [0.25, 0.3) is 5.91 Å². The highest BCUT2D eigenvalue weighted by atomic mass is 16.5. The topological polar surface area (TPSA) is 96.7 Å². The van der Waals surface area contributed by atoms with Crippen molar-refractivity contribution >= 4 is 16.9 Å². The Kier molecular flexibility index (Phi) is 2.70. The molecule has 7 nitrogen and oxygen atoms in total. The summed E-state index contributed by atoms with van der Waals surface area (Å²) in [6, 6.07) is 3.61. The molecule has 3 aromatic heterocycles. The first-order chi connectivity index (χ1) is 10.3. The van der Waals surface area contributed by atoms with Crippen molar-refractivity contribution < 1.29 is 9.32 Å². The first-order valence-corrected chi connectivity index (χ1v) is 6.83. The maximum atomic E-state index is 12.3. The molecule has 0 saturated carbocycles. The van der Waals surface area contributed by atoms with Crippen LogP contribution in [0.25, 0.3) is 11.0 Å². The fourth-order valence-corrected chi connectivity index (χ4v) is 2.73. The number of carbonyl (C=O) groups excluding carboxylic acids is 1. The van der Waals surface area contributed by atoms with E-state index in [9.17, 15) is 4.79 Å². The van der Waals surface area contributed by atoms with Crippen molar-refractivity contribution in [2.24, 2.45) is 0 Å². The maximum Gasteiger partial charge on any atom is 0.290 e. The van der Waals surface area contributed by atoms with Crippen molar-refractivity contribution in [3.05, 3.63) is 41.5 Å². The third-order valence-corrected chi connectivity index (χ3v) is 3.82. The number of nitrogens with zero attached hydrogens (tertiary/aromatic N) is 3. The Labute approximate surface area is 119 Å². The van der Waals surface area contributed by atoms with Gasteiger partial charge in [-0.2, -0.15) is 5.10 Å². The number of carbonyl (C=O) groups is 1. The minimum absolute atomic E-state index is 0.0715. The van der Waals surface area contributed by atoms with Crippen LogP contribution >= 0.6 is 0 Å². The van der Waals surface area contributed by atoms with Crippen LogP contribution < -0.4 is 5.32 Å². The number of hydrogen-bond donors (Lipinski definition) is 2. The lowest BCUT2D eigenvalue weighted by atomic mass is 9.93. The summed E-state index contributed by atoms with van der Waals surface area (Å²) < 4.78 is 5.13. The van der Waals surface area contributed by atoms with Crippen LogP contribution in [-0.2, 0) is 12.8 Å². The SMILES string of the molecule is O=C(NC1CCc2cn[nH]c2C1)c1onc2ncccc12. The van der Waals surface area contributed by atoms with Gasteiger partial charge in [0.2, 0.25) is 11.4 Å². The number of hydrogen-bond acceptors (Lipinski definition) is 5.